The molecule has 15 heavy (non-hydrogen) atoms. The van der Waals surface area contributed by atoms with Crippen molar-refractivity contribution in [3.8, 4) is 0 Å². The molecule has 0 heterocycles. The van der Waals surface area contributed by atoms with E-state index in [2.05, 4.69) is 62.8 Å². The Morgan fingerprint density at radius 2 is 1.87 bits per heavy atom. The van der Waals surface area contributed by atoms with Crippen molar-refractivity contribution in [3.63, 3.8) is 0 Å². The third-order valence-electron chi connectivity index (χ3n) is 2.19. The molecule has 0 fully saturated rings. The van der Waals surface area contributed by atoms with Gasteiger partial charge in [0.1, 0.15) is 0 Å². The Kier molecular flexibility index (Phi) is 5.03. The minimum absolute atomic E-state index is 0.330. The standard InChI is InChI=1S/C12H15Br2N/c1-8(2)4-12(15-3)9-5-10(13)7-11(14)6-9/h5-7,12,15H,1,4H2,2-3H3. The van der Waals surface area contributed by atoms with Crippen LogP contribution < -0.4 is 5.32 Å². The molecule has 1 N–H and O–H groups in total. The molecular weight excluding hydrogens is 318 g/mol. The summed E-state index contributed by atoms with van der Waals surface area (Å²) in [6.45, 7) is 6.00. The number of halogens is 2. The topological polar surface area (TPSA) is 12.0 Å². The maximum Gasteiger partial charge on any atom is 0.0355 e. The number of hydrogen-bond acceptors (Lipinski definition) is 1. The molecule has 1 aromatic carbocycles. The fourth-order valence-electron chi connectivity index (χ4n) is 1.51. The molecule has 0 aromatic heterocycles. The lowest BCUT2D eigenvalue weighted by atomic mass is 10.0. The highest BCUT2D eigenvalue weighted by atomic mass is 79.9. The fourth-order valence-corrected chi connectivity index (χ4v) is 2.84. The van der Waals surface area contributed by atoms with Crippen molar-refractivity contribution in [1.82, 2.24) is 5.32 Å². The van der Waals surface area contributed by atoms with E-state index in [0.717, 1.165) is 15.4 Å². The first-order valence-electron chi connectivity index (χ1n) is 4.80. The molecule has 82 valence electrons. The van der Waals surface area contributed by atoms with Crippen LogP contribution in [0.1, 0.15) is 24.9 Å². The van der Waals surface area contributed by atoms with Gasteiger partial charge in [-0.05, 0) is 44.2 Å². The zero-order valence-electron chi connectivity index (χ0n) is 8.98. The summed E-state index contributed by atoms with van der Waals surface area (Å²) < 4.78 is 2.18. The summed E-state index contributed by atoms with van der Waals surface area (Å²) >= 11 is 6.99. The monoisotopic (exact) mass is 331 g/mol. The Morgan fingerprint density at radius 1 is 1.33 bits per heavy atom. The smallest absolute Gasteiger partial charge is 0.0355 e. The van der Waals surface area contributed by atoms with E-state index in [1.165, 1.54) is 11.1 Å². The maximum atomic E-state index is 3.95. The molecule has 0 aliphatic heterocycles. The van der Waals surface area contributed by atoms with Crippen molar-refractivity contribution in [2.75, 3.05) is 7.05 Å². The van der Waals surface area contributed by atoms with E-state index in [1.54, 1.807) is 0 Å². The molecule has 1 unspecified atom stereocenters. The predicted octanol–water partition coefficient (Wildman–Crippen LogP) is 4.44. The molecule has 1 rings (SSSR count). The highest BCUT2D eigenvalue weighted by Gasteiger charge is 2.10. The summed E-state index contributed by atoms with van der Waals surface area (Å²) in [7, 11) is 1.97. The van der Waals surface area contributed by atoms with E-state index in [9.17, 15) is 0 Å². The number of nitrogens with one attached hydrogen (secondary N) is 1. The number of hydrogen-bond donors (Lipinski definition) is 1. The summed E-state index contributed by atoms with van der Waals surface area (Å²) in [6, 6.07) is 6.64. The fraction of sp³-hybridized carbons (Fsp3) is 0.333. The first-order chi connectivity index (χ1) is 7.02. The second kappa shape index (κ2) is 5.83. The minimum atomic E-state index is 0.330. The van der Waals surface area contributed by atoms with Crippen LogP contribution in [0.25, 0.3) is 0 Å². The van der Waals surface area contributed by atoms with Crippen LogP contribution in [0.3, 0.4) is 0 Å². The lowest BCUT2D eigenvalue weighted by Crippen LogP contribution is -2.16. The Hall–Kier alpha value is -0.120. The van der Waals surface area contributed by atoms with Gasteiger partial charge in [-0.25, -0.2) is 0 Å². The van der Waals surface area contributed by atoms with Crippen molar-refractivity contribution in [3.05, 3.63) is 44.9 Å². The highest BCUT2D eigenvalue weighted by Crippen LogP contribution is 2.27. The quantitative estimate of drug-likeness (QED) is 0.804. The summed E-state index contributed by atoms with van der Waals surface area (Å²) in [5.74, 6) is 0. The molecule has 0 bridgehead atoms. The van der Waals surface area contributed by atoms with Crippen LogP contribution in [0.15, 0.2) is 39.3 Å². The van der Waals surface area contributed by atoms with Gasteiger partial charge < -0.3 is 5.32 Å². The zero-order valence-corrected chi connectivity index (χ0v) is 12.2. The first kappa shape index (κ1) is 12.9. The van der Waals surface area contributed by atoms with Crippen LogP contribution in [0.4, 0.5) is 0 Å². The van der Waals surface area contributed by atoms with Gasteiger partial charge in [0.15, 0.2) is 0 Å². The van der Waals surface area contributed by atoms with Gasteiger partial charge in [0.05, 0.1) is 0 Å². The molecule has 1 aromatic rings. The van der Waals surface area contributed by atoms with E-state index in [4.69, 9.17) is 0 Å². The van der Waals surface area contributed by atoms with Crippen LogP contribution in [-0.4, -0.2) is 7.05 Å². The summed E-state index contributed by atoms with van der Waals surface area (Å²) in [5, 5.41) is 3.30. The Labute approximate surface area is 108 Å². The molecule has 0 radical (unpaired) electrons. The van der Waals surface area contributed by atoms with Crippen molar-refractivity contribution in [1.29, 1.82) is 0 Å². The van der Waals surface area contributed by atoms with E-state index < -0.39 is 0 Å². The summed E-state index contributed by atoms with van der Waals surface area (Å²) in [5.41, 5.74) is 2.45. The number of benzene rings is 1. The maximum absolute atomic E-state index is 3.95. The Bertz CT molecular complexity index is 340. The van der Waals surface area contributed by atoms with Gasteiger partial charge in [-0.1, -0.05) is 37.4 Å². The predicted molar refractivity (Wildman–Crippen MR) is 73.1 cm³/mol. The Morgan fingerprint density at radius 3 is 2.27 bits per heavy atom. The van der Waals surface area contributed by atoms with E-state index in [1.807, 2.05) is 13.1 Å². The van der Waals surface area contributed by atoms with Crippen LogP contribution in [0.5, 0.6) is 0 Å². The van der Waals surface area contributed by atoms with Gasteiger partial charge in [-0.15, -0.1) is 6.58 Å². The van der Waals surface area contributed by atoms with Crippen molar-refractivity contribution in [2.24, 2.45) is 0 Å². The van der Waals surface area contributed by atoms with Gasteiger partial charge in [0.25, 0.3) is 0 Å². The SMILES string of the molecule is C=C(C)CC(NC)c1cc(Br)cc(Br)c1. The molecule has 0 spiro atoms. The van der Waals surface area contributed by atoms with Crippen LogP contribution in [-0.2, 0) is 0 Å². The third kappa shape index (κ3) is 4.09. The molecule has 0 aliphatic carbocycles. The van der Waals surface area contributed by atoms with Crippen LogP contribution in [0.2, 0.25) is 0 Å². The molecule has 0 saturated heterocycles. The third-order valence-corrected chi connectivity index (χ3v) is 3.10. The average molecular weight is 333 g/mol. The van der Waals surface area contributed by atoms with Gasteiger partial charge in [0.2, 0.25) is 0 Å². The second-order valence-electron chi connectivity index (χ2n) is 3.71. The molecule has 1 nitrogen and oxygen atoms in total. The lowest BCUT2D eigenvalue weighted by molar-refractivity contribution is 0.589. The average Bonchev–Trinajstić information content (AvgIpc) is 2.12. The number of rotatable bonds is 4. The van der Waals surface area contributed by atoms with Crippen molar-refractivity contribution < 1.29 is 0 Å². The van der Waals surface area contributed by atoms with E-state index in [0.29, 0.717) is 6.04 Å². The van der Waals surface area contributed by atoms with Crippen molar-refractivity contribution in [2.45, 2.75) is 19.4 Å². The second-order valence-corrected chi connectivity index (χ2v) is 5.54. The molecule has 1 atom stereocenters. The van der Waals surface area contributed by atoms with Crippen LogP contribution >= 0.6 is 31.9 Å². The zero-order chi connectivity index (χ0) is 11.4. The normalized spacial score (nSPS) is 12.5. The largest absolute Gasteiger partial charge is 0.313 e. The molecule has 0 amide bonds. The molecule has 0 saturated carbocycles. The molecule has 0 aliphatic rings. The first-order valence-corrected chi connectivity index (χ1v) is 6.39. The minimum Gasteiger partial charge on any atom is -0.313 e. The Balaban J connectivity index is 2.95. The van der Waals surface area contributed by atoms with Crippen LogP contribution in [0, 0.1) is 0 Å². The van der Waals surface area contributed by atoms with Gasteiger partial charge >= 0.3 is 0 Å². The lowest BCUT2D eigenvalue weighted by Gasteiger charge is -2.17. The van der Waals surface area contributed by atoms with Gasteiger partial charge in [-0.3, -0.25) is 0 Å². The molecular formula is C12H15Br2N. The van der Waals surface area contributed by atoms with Gasteiger partial charge in [-0.2, -0.15) is 0 Å². The van der Waals surface area contributed by atoms with E-state index >= 15 is 0 Å². The van der Waals surface area contributed by atoms with E-state index in [-0.39, 0.29) is 0 Å². The summed E-state index contributed by atoms with van der Waals surface area (Å²) in [6.07, 6.45) is 0.958. The van der Waals surface area contributed by atoms with Gasteiger partial charge in [0, 0.05) is 15.0 Å². The highest BCUT2D eigenvalue weighted by molar-refractivity contribution is 9.11. The van der Waals surface area contributed by atoms with Crippen molar-refractivity contribution >= 4 is 31.9 Å². The molecule has 3 heteroatoms. The summed E-state index contributed by atoms with van der Waals surface area (Å²) in [4.78, 5) is 0.